The quantitative estimate of drug-likeness (QED) is 0.854. The van der Waals surface area contributed by atoms with E-state index in [1.807, 2.05) is 44.0 Å². The molecule has 0 aromatic carbocycles. The molecule has 0 spiro atoms. The second kappa shape index (κ2) is 7.94. The number of pyridine rings is 1. The Labute approximate surface area is 144 Å². The Bertz CT molecular complexity index is 539. The highest BCUT2D eigenvalue weighted by atomic mass is 16.3. The van der Waals surface area contributed by atoms with Crippen LogP contribution in [0.5, 0.6) is 0 Å². The first-order valence-corrected chi connectivity index (χ1v) is 8.65. The lowest BCUT2D eigenvalue weighted by Crippen LogP contribution is -2.58. The number of carbonyl (C=O) groups is 1. The number of piperazine rings is 1. The Balaban J connectivity index is 1.75. The van der Waals surface area contributed by atoms with Crippen LogP contribution in [0, 0.1) is 6.92 Å². The van der Waals surface area contributed by atoms with Gasteiger partial charge >= 0.3 is 6.03 Å². The van der Waals surface area contributed by atoms with Crippen LogP contribution in [-0.4, -0.2) is 70.3 Å². The van der Waals surface area contributed by atoms with Crippen molar-refractivity contribution in [3.8, 4) is 0 Å². The van der Waals surface area contributed by atoms with Crippen molar-refractivity contribution in [3.63, 3.8) is 0 Å². The van der Waals surface area contributed by atoms with Crippen LogP contribution in [0.1, 0.15) is 32.0 Å². The highest BCUT2D eigenvalue weighted by Crippen LogP contribution is 2.13. The Hall–Kier alpha value is -1.66. The number of aliphatic hydroxyl groups is 1. The Kier molecular flexibility index (Phi) is 6.18. The number of amides is 2. The number of hydrogen-bond donors (Lipinski definition) is 2. The molecule has 1 aliphatic heterocycles. The minimum Gasteiger partial charge on any atom is -0.389 e. The van der Waals surface area contributed by atoms with Crippen LogP contribution in [0.15, 0.2) is 18.3 Å². The topological polar surface area (TPSA) is 68.7 Å². The molecular formula is C18H30N4O2. The number of urea groups is 1. The smallest absolute Gasteiger partial charge is 0.317 e. The minimum absolute atomic E-state index is 0.00882. The van der Waals surface area contributed by atoms with E-state index in [-0.39, 0.29) is 12.1 Å². The summed E-state index contributed by atoms with van der Waals surface area (Å²) in [4.78, 5) is 20.7. The van der Waals surface area contributed by atoms with E-state index in [9.17, 15) is 9.90 Å². The third-order valence-electron chi connectivity index (χ3n) is 4.25. The second-order valence-corrected chi connectivity index (χ2v) is 7.38. The van der Waals surface area contributed by atoms with E-state index in [2.05, 4.69) is 22.1 Å². The number of rotatable bonds is 5. The lowest BCUT2D eigenvalue weighted by molar-refractivity contribution is 0.0119. The second-order valence-electron chi connectivity index (χ2n) is 7.38. The molecule has 1 saturated heterocycles. The predicted molar refractivity (Wildman–Crippen MR) is 95.0 cm³/mol. The van der Waals surface area contributed by atoms with Gasteiger partial charge in [0.15, 0.2) is 0 Å². The largest absolute Gasteiger partial charge is 0.389 e. The molecule has 6 nitrogen and oxygen atoms in total. The monoisotopic (exact) mass is 334 g/mol. The number of aryl methyl sites for hydroxylation is 1. The Morgan fingerprint density at radius 2 is 2.17 bits per heavy atom. The van der Waals surface area contributed by atoms with Crippen LogP contribution >= 0.6 is 0 Å². The van der Waals surface area contributed by atoms with E-state index in [1.54, 1.807) is 0 Å². The molecule has 1 fully saturated rings. The zero-order valence-corrected chi connectivity index (χ0v) is 15.2. The van der Waals surface area contributed by atoms with Crippen LogP contribution in [0.4, 0.5) is 4.79 Å². The molecule has 0 unspecified atom stereocenters. The standard InChI is InChI=1S/C18H30N4O2/c1-14-5-6-16(11-20-14)7-8-19-17(23)22-10-9-21(12-15(22)2)13-18(3,4)24/h5-6,11,15,24H,7-10,12-13H2,1-4H3,(H,19,23)/t15-/m0/s1. The first-order chi connectivity index (χ1) is 11.2. The van der Waals surface area contributed by atoms with Crippen molar-refractivity contribution in [2.45, 2.75) is 45.8 Å². The van der Waals surface area contributed by atoms with Gasteiger partial charge in [0.2, 0.25) is 0 Å². The molecule has 2 amide bonds. The number of hydrogen-bond acceptors (Lipinski definition) is 4. The molecule has 0 radical (unpaired) electrons. The molecular weight excluding hydrogens is 304 g/mol. The summed E-state index contributed by atoms with van der Waals surface area (Å²) < 4.78 is 0. The average Bonchev–Trinajstić information content (AvgIpc) is 2.47. The van der Waals surface area contributed by atoms with E-state index in [1.165, 1.54) is 0 Å². The molecule has 1 aromatic rings. The first-order valence-electron chi connectivity index (χ1n) is 8.65. The summed E-state index contributed by atoms with van der Waals surface area (Å²) in [6, 6.07) is 4.17. The zero-order chi connectivity index (χ0) is 17.7. The van der Waals surface area contributed by atoms with E-state index in [4.69, 9.17) is 0 Å². The van der Waals surface area contributed by atoms with E-state index < -0.39 is 5.60 Å². The summed E-state index contributed by atoms with van der Waals surface area (Å²) in [7, 11) is 0. The van der Waals surface area contributed by atoms with Gasteiger partial charge in [0.25, 0.3) is 0 Å². The van der Waals surface area contributed by atoms with Crippen molar-refractivity contribution in [2.24, 2.45) is 0 Å². The van der Waals surface area contributed by atoms with Gasteiger partial charge < -0.3 is 15.3 Å². The number of carbonyl (C=O) groups excluding carboxylic acids is 1. The minimum atomic E-state index is -0.702. The fourth-order valence-corrected chi connectivity index (χ4v) is 3.09. The highest BCUT2D eigenvalue weighted by Gasteiger charge is 2.29. The van der Waals surface area contributed by atoms with Gasteiger partial charge in [0.05, 0.1) is 5.60 Å². The maximum Gasteiger partial charge on any atom is 0.317 e. The molecule has 0 saturated carbocycles. The number of nitrogens with zero attached hydrogens (tertiary/aromatic N) is 3. The molecule has 1 atom stereocenters. The van der Waals surface area contributed by atoms with E-state index in [0.717, 1.165) is 30.8 Å². The van der Waals surface area contributed by atoms with Gasteiger partial charge in [-0.2, -0.15) is 0 Å². The first kappa shape index (κ1) is 18.7. The molecule has 1 aromatic heterocycles. The zero-order valence-electron chi connectivity index (χ0n) is 15.2. The molecule has 2 heterocycles. The van der Waals surface area contributed by atoms with E-state index in [0.29, 0.717) is 19.6 Å². The van der Waals surface area contributed by atoms with Crippen molar-refractivity contribution in [3.05, 3.63) is 29.6 Å². The van der Waals surface area contributed by atoms with Crippen molar-refractivity contribution in [1.82, 2.24) is 20.1 Å². The summed E-state index contributed by atoms with van der Waals surface area (Å²) in [5.74, 6) is 0. The fourth-order valence-electron chi connectivity index (χ4n) is 3.09. The van der Waals surface area contributed by atoms with Crippen molar-refractivity contribution >= 4 is 6.03 Å². The van der Waals surface area contributed by atoms with Crippen LogP contribution in [0.3, 0.4) is 0 Å². The highest BCUT2D eigenvalue weighted by molar-refractivity contribution is 5.74. The summed E-state index contributed by atoms with van der Waals surface area (Å²) in [6.45, 7) is 11.2. The molecule has 24 heavy (non-hydrogen) atoms. The van der Waals surface area contributed by atoms with Crippen molar-refractivity contribution in [1.29, 1.82) is 0 Å². The van der Waals surface area contributed by atoms with Gasteiger partial charge in [-0.05, 0) is 45.7 Å². The normalized spacial score (nSPS) is 19.4. The third kappa shape index (κ3) is 5.76. The summed E-state index contributed by atoms with van der Waals surface area (Å²) in [5.41, 5.74) is 1.43. The predicted octanol–water partition coefficient (Wildman–Crippen LogP) is 1.42. The Morgan fingerprint density at radius 1 is 1.42 bits per heavy atom. The van der Waals surface area contributed by atoms with Gasteiger partial charge in [0, 0.05) is 50.7 Å². The van der Waals surface area contributed by atoms with Crippen LogP contribution in [0.25, 0.3) is 0 Å². The average molecular weight is 334 g/mol. The molecule has 1 aliphatic rings. The van der Waals surface area contributed by atoms with Crippen LogP contribution < -0.4 is 5.32 Å². The molecule has 134 valence electrons. The lowest BCUT2D eigenvalue weighted by Gasteiger charge is -2.41. The van der Waals surface area contributed by atoms with Crippen molar-refractivity contribution < 1.29 is 9.90 Å². The van der Waals surface area contributed by atoms with Gasteiger partial charge in [-0.3, -0.25) is 9.88 Å². The molecule has 2 rings (SSSR count). The fraction of sp³-hybridized carbons (Fsp3) is 0.667. The number of β-amino-alcohol motifs (C(OH)–C–C–N with tert-alkyl or cyclic N) is 1. The molecule has 0 aliphatic carbocycles. The van der Waals surface area contributed by atoms with Gasteiger partial charge in [0.1, 0.15) is 0 Å². The number of aromatic nitrogens is 1. The maximum atomic E-state index is 12.4. The Morgan fingerprint density at radius 3 is 2.75 bits per heavy atom. The SMILES string of the molecule is Cc1ccc(CCNC(=O)N2CCN(CC(C)(C)O)C[C@@H]2C)cn1. The number of nitrogens with one attached hydrogen (secondary N) is 1. The summed E-state index contributed by atoms with van der Waals surface area (Å²) in [6.07, 6.45) is 2.64. The third-order valence-corrected chi connectivity index (χ3v) is 4.25. The summed E-state index contributed by atoms with van der Waals surface area (Å²) in [5, 5.41) is 12.9. The van der Waals surface area contributed by atoms with E-state index >= 15 is 0 Å². The molecule has 2 N–H and O–H groups in total. The molecule has 6 heteroatoms. The summed E-state index contributed by atoms with van der Waals surface area (Å²) >= 11 is 0. The van der Waals surface area contributed by atoms with Gasteiger partial charge in [-0.15, -0.1) is 0 Å². The van der Waals surface area contributed by atoms with Crippen LogP contribution in [0.2, 0.25) is 0 Å². The lowest BCUT2D eigenvalue weighted by atomic mass is 10.1. The maximum absolute atomic E-state index is 12.4. The van der Waals surface area contributed by atoms with Crippen molar-refractivity contribution in [2.75, 3.05) is 32.7 Å². The van der Waals surface area contributed by atoms with Gasteiger partial charge in [-0.25, -0.2) is 4.79 Å². The van der Waals surface area contributed by atoms with Gasteiger partial charge in [-0.1, -0.05) is 6.07 Å². The van der Waals surface area contributed by atoms with Crippen LogP contribution in [-0.2, 0) is 6.42 Å². The molecule has 0 bridgehead atoms.